The van der Waals surface area contributed by atoms with Crippen LogP contribution in [0.1, 0.15) is 60.1 Å². The van der Waals surface area contributed by atoms with Gasteiger partial charge in [0.1, 0.15) is 40.7 Å². The van der Waals surface area contributed by atoms with E-state index in [0.29, 0.717) is 44.5 Å². The van der Waals surface area contributed by atoms with E-state index in [0.717, 1.165) is 23.8 Å². The molecule has 1 aromatic carbocycles. The Morgan fingerprint density at radius 2 is 1.77 bits per heavy atom. The van der Waals surface area contributed by atoms with Crippen molar-refractivity contribution in [3.05, 3.63) is 77.0 Å². The minimum Gasteiger partial charge on any atom is -0.490 e. The van der Waals surface area contributed by atoms with E-state index in [9.17, 15) is 17.6 Å². The van der Waals surface area contributed by atoms with E-state index >= 15 is 8.78 Å². The molecule has 0 unspecified atom stereocenters. The zero-order valence-corrected chi connectivity index (χ0v) is 24.7. The standard InChI is InChI=1S/C31H34F3N3O5S/c1-17-11-18(12-26(35)31(17)43(2,39)40)22-5-8-36-16-19(22)13-28(38)27-4-3-23(32)30(37-27)29-24(33)14-21(15-25(29)34)42-20-6-9-41-10-7-20/h3-5,8,14-18,20,26,31H,6-7,9-13,35H2,1-2H3/t17-,18+,26+,31-/m0/s1. The van der Waals surface area contributed by atoms with Crippen molar-refractivity contribution in [3.63, 3.8) is 0 Å². The van der Waals surface area contributed by atoms with E-state index in [1.54, 1.807) is 18.5 Å². The number of pyridine rings is 2. The molecule has 1 aliphatic heterocycles. The van der Waals surface area contributed by atoms with Crippen molar-refractivity contribution in [1.82, 2.24) is 9.97 Å². The molecular formula is C31H34F3N3O5S. The summed E-state index contributed by atoms with van der Waals surface area (Å²) in [7, 11) is -3.34. The number of hydrogen-bond acceptors (Lipinski definition) is 8. The Balaban J connectivity index is 1.37. The molecule has 1 aliphatic carbocycles. The van der Waals surface area contributed by atoms with Gasteiger partial charge in [-0.15, -0.1) is 0 Å². The van der Waals surface area contributed by atoms with Gasteiger partial charge in [0.05, 0.1) is 24.0 Å². The molecule has 5 rings (SSSR count). The second-order valence-corrected chi connectivity index (χ2v) is 13.7. The number of nitrogens with two attached hydrogens (primary N) is 1. The summed E-state index contributed by atoms with van der Waals surface area (Å²) in [6, 6.07) is 5.31. The molecule has 2 N–H and O–H groups in total. The van der Waals surface area contributed by atoms with Gasteiger partial charge >= 0.3 is 0 Å². The fourth-order valence-corrected chi connectivity index (χ4v) is 8.11. The predicted molar refractivity (Wildman–Crippen MR) is 154 cm³/mol. The van der Waals surface area contributed by atoms with Crippen LogP contribution in [-0.2, 0) is 21.0 Å². The summed E-state index contributed by atoms with van der Waals surface area (Å²) in [4.78, 5) is 21.6. The minimum atomic E-state index is -3.34. The van der Waals surface area contributed by atoms with Gasteiger partial charge in [-0.1, -0.05) is 6.92 Å². The van der Waals surface area contributed by atoms with Gasteiger partial charge in [0.2, 0.25) is 0 Å². The van der Waals surface area contributed by atoms with E-state index in [1.165, 1.54) is 12.3 Å². The number of carbonyl (C=O) groups excluding carboxylic acids is 1. The lowest BCUT2D eigenvalue weighted by molar-refractivity contribution is 0.0253. The average molecular weight is 618 g/mol. The number of halogens is 3. The van der Waals surface area contributed by atoms with E-state index < -0.39 is 55.6 Å². The van der Waals surface area contributed by atoms with Crippen LogP contribution in [0, 0.1) is 23.4 Å². The highest BCUT2D eigenvalue weighted by atomic mass is 32.2. The van der Waals surface area contributed by atoms with Crippen LogP contribution in [0.15, 0.2) is 42.7 Å². The lowest BCUT2D eigenvalue weighted by Crippen LogP contribution is -2.48. The maximum atomic E-state index is 15.1. The lowest BCUT2D eigenvalue weighted by Gasteiger charge is -2.38. The van der Waals surface area contributed by atoms with Gasteiger partial charge in [0, 0.05) is 56.1 Å². The Morgan fingerprint density at radius 1 is 1.07 bits per heavy atom. The number of sulfone groups is 1. The SMILES string of the molecule is C[C@H]1C[C@@H](c2ccncc2CC(=O)c2ccc(F)c(-c3c(F)cc(OC4CCOCC4)cc3F)n2)C[C@@H](N)[C@H]1S(C)(=O)=O. The Kier molecular flexibility index (Phi) is 9.19. The Hall–Kier alpha value is -3.35. The number of rotatable bonds is 8. The number of hydrogen-bond donors (Lipinski definition) is 1. The monoisotopic (exact) mass is 617 g/mol. The highest BCUT2D eigenvalue weighted by Gasteiger charge is 2.40. The number of Topliss-reactive ketones (excluding diaryl/α,β-unsaturated/α-hetero) is 1. The van der Waals surface area contributed by atoms with Crippen molar-refractivity contribution >= 4 is 15.6 Å². The number of benzene rings is 1. The molecule has 0 amide bonds. The average Bonchev–Trinajstić information content (AvgIpc) is 2.93. The molecule has 0 spiro atoms. The first-order valence-corrected chi connectivity index (χ1v) is 16.2. The maximum Gasteiger partial charge on any atom is 0.185 e. The summed E-state index contributed by atoms with van der Waals surface area (Å²) in [6.45, 7) is 2.83. The van der Waals surface area contributed by atoms with Crippen molar-refractivity contribution in [1.29, 1.82) is 0 Å². The van der Waals surface area contributed by atoms with Gasteiger partial charge in [-0.25, -0.2) is 26.6 Å². The number of ketones is 1. The van der Waals surface area contributed by atoms with Crippen molar-refractivity contribution < 1.29 is 35.9 Å². The molecule has 0 radical (unpaired) electrons. The molecule has 1 saturated heterocycles. The van der Waals surface area contributed by atoms with Crippen LogP contribution in [0.4, 0.5) is 13.2 Å². The number of ether oxygens (including phenoxy) is 2. The topological polar surface area (TPSA) is 121 Å². The van der Waals surface area contributed by atoms with Gasteiger partial charge in [0.15, 0.2) is 15.6 Å². The van der Waals surface area contributed by atoms with Crippen molar-refractivity contribution in [2.24, 2.45) is 11.7 Å². The molecule has 2 fully saturated rings. The number of aromatic nitrogens is 2. The summed E-state index contributed by atoms with van der Waals surface area (Å²) in [6.07, 6.45) is 6.07. The third kappa shape index (κ3) is 6.91. The Bertz CT molecular complexity index is 1580. The molecular weight excluding hydrogens is 583 g/mol. The molecule has 8 nitrogen and oxygen atoms in total. The van der Waals surface area contributed by atoms with Crippen LogP contribution in [0.3, 0.4) is 0 Å². The van der Waals surface area contributed by atoms with E-state index in [-0.39, 0.29) is 35.8 Å². The van der Waals surface area contributed by atoms with Gasteiger partial charge in [-0.3, -0.25) is 9.78 Å². The third-order valence-corrected chi connectivity index (χ3v) is 10.1. The van der Waals surface area contributed by atoms with E-state index in [4.69, 9.17) is 15.2 Å². The van der Waals surface area contributed by atoms with Crippen molar-refractivity contribution in [2.75, 3.05) is 19.5 Å². The third-order valence-electron chi connectivity index (χ3n) is 8.28. The summed E-state index contributed by atoms with van der Waals surface area (Å²) >= 11 is 0. The zero-order chi connectivity index (χ0) is 30.9. The quantitative estimate of drug-likeness (QED) is 0.358. The number of nitrogens with zero attached hydrogens (tertiary/aromatic N) is 2. The van der Waals surface area contributed by atoms with Crippen LogP contribution in [0.2, 0.25) is 0 Å². The fourth-order valence-electron chi connectivity index (χ4n) is 6.41. The summed E-state index contributed by atoms with van der Waals surface area (Å²) in [5, 5.41) is -0.652. The summed E-state index contributed by atoms with van der Waals surface area (Å²) in [5.74, 6) is -3.94. The van der Waals surface area contributed by atoms with E-state index in [2.05, 4.69) is 9.97 Å². The van der Waals surface area contributed by atoms with Crippen molar-refractivity contribution in [2.45, 2.75) is 62.3 Å². The fraction of sp³-hybridized carbons (Fsp3) is 0.452. The Morgan fingerprint density at radius 3 is 2.42 bits per heavy atom. The lowest BCUT2D eigenvalue weighted by atomic mass is 9.75. The van der Waals surface area contributed by atoms with Crippen LogP contribution < -0.4 is 10.5 Å². The molecule has 1 saturated carbocycles. The van der Waals surface area contributed by atoms with Gasteiger partial charge < -0.3 is 15.2 Å². The smallest absolute Gasteiger partial charge is 0.185 e. The second kappa shape index (κ2) is 12.7. The van der Waals surface area contributed by atoms with Crippen LogP contribution >= 0.6 is 0 Å². The first-order chi connectivity index (χ1) is 20.4. The van der Waals surface area contributed by atoms with Gasteiger partial charge in [-0.2, -0.15) is 0 Å². The van der Waals surface area contributed by atoms with Crippen LogP contribution in [0.25, 0.3) is 11.3 Å². The zero-order valence-electron chi connectivity index (χ0n) is 23.9. The molecule has 12 heteroatoms. The summed E-state index contributed by atoms with van der Waals surface area (Å²) in [5.41, 5.74) is 6.23. The molecule has 43 heavy (non-hydrogen) atoms. The molecule has 4 atom stereocenters. The molecule has 230 valence electrons. The maximum absolute atomic E-state index is 15.1. The highest BCUT2D eigenvalue weighted by Crippen LogP contribution is 2.39. The van der Waals surface area contributed by atoms with Crippen LogP contribution in [0.5, 0.6) is 5.75 Å². The number of carbonyl (C=O) groups is 1. The van der Waals surface area contributed by atoms with Gasteiger partial charge in [-0.05, 0) is 54.0 Å². The first-order valence-electron chi connectivity index (χ1n) is 14.2. The molecule has 2 aliphatic rings. The molecule has 3 heterocycles. The van der Waals surface area contributed by atoms with Gasteiger partial charge in [0.25, 0.3) is 0 Å². The molecule has 0 bridgehead atoms. The first kappa shape index (κ1) is 31.1. The van der Waals surface area contributed by atoms with Crippen molar-refractivity contribution in [3.8, 4) is 17.0 Å². The second-order valence-electron chi connectivity index (χ2n) is 11.5. The summed E-state index contributed by atoms with van der Waals surface area (Å²) < 4.78 is 80.7. The van der Waals surface area contributed by atoms with E-state index in [1.807, 2.05) is 6.92 Å². The van der Waals surface area contributed by atoms with Crippen LogP contribution in [-0.4, -0.2) is 61.0 Å². The largest absolute Gasteiger partial charge is 0.490 e. The predicted octanol–water partition coefficient (Wildman–Crippen LogP) is 4.80. The molecule has 2 aromatic heterocycles. The minimum absolute atomic E-state index is 0.0259. The normalized spacial score (nSPS) is 23.2. The molecule has 3 aromatic rings. The highest BCUT2D eigenvalue weighted by molar-refractivity contribution is 7.91. The Labute approximate surface area is 248 Å².